The lowest BCUT2D eigenvalue weighted by Gasteiger charge is -2.21. The number of halogens is 1. The van der Waals surface area contributed by atoms with Gasteiger partial charge in [-0.1, -0.05) is 23.7 Å². The summed E-state index contributed by atoms with van der Waals surface area (Å²) in [5.41, 5.74) is 1.28. The standard InChI is InChI=1S/C15H18ClNO3/c1-4-8-17(10-14(18)20-5-2)15(19)13-9-12(16)7-6-11(13)3/h4,6-7,9H,1,5,8,10H2,2-3H3. The first-order valence-corrected chi connectivity index (χ1v) is 6.69. The van der Waals surface area contributed by atoms with E-state index in [1.807, 2.05) is 6.92 Å². The number of hydrogen-bond donors (Lipinski definition) is 0. The Hall–Kier alpha value is -1.81. The maximum Gasteiger partial charge on any atom is 0.325 e. The number of benzene rings is 1. The number of carbonyl (C=O) groups excluding carboxylic acids is 2. The van der Waals surface area contributed by atoms with Crippen LogP contribution in [0.25, 0.3) is 0 Å². The fourth-order valence-electron chi connectivity index (χ4n) is 1.73. The topological polar surface area (TPSA) is 46.6 Å². The molecule has 0 unspecified atom stereocenters. The first kappa shape index (κ1) is 16.2. The molecule has 0 spiro atoms. The highest BCUT2D eigenvalue weighted by Crippen LogP contribution is 2.17. The van der Waals surface area contributed by atoms with Gasteiger partial charge in [0.1, 0.15) is 6.54 Å². The molecule has 0 aliphatic heterocycles. The number of esters is 1. The molecule has 0 saturated heterocycles. The van der Waals surface area contributed by atoms with Gasteiger partial charge in [0.15, 0.2) is 0 Å². The predicted octanol–water partition coefficient (Wildman–Crippen LogP) is 2.84. The van der Waals surface area contributed by atoms with Crippen LogP contribution in [0.2, 0.25) is 5.02 Å². The summed E-state index contributed by atoms with van der Waals surface area (Å²) < 4.78 is 4.87. The third-order valence-corrected chi connectivity index (χ3v) is 2.93. The molecule has 1 aromatic rings. The minimum absolute atomic E-state index is 0.107. The lowest BCUT2D eigenvalue weighted by Crippen LogP contribution is -2.37. The smallest absolute Gasteiger partial charge is 0.325 e. The number of aryl methyl sites for hydroxylation is 1. The first-order chi connectivity index (χ1) is 9.49. The second kappa shape index (κ2) is 7.70. The van der Waals surface area contributed by atoms with E-state index < -0.39 is 5.97 Å². The van der Waals surface area contributed by atoms with Crippen molar-refractivity contribution >= 4 is 23.5 Å². The fourth-order valence-corrected chi connectivity index (χ4v) is 1.90. The molecule has 0 aliphatic rings. The summed E-state index contributed by atoms with van der Waals surface area (Å²) in [5, 5.41) is 0.480. The zero-order valence-electron chi connectivity index (χ0n) is 11.7. The minimum Gasteiger partial charge on any atom is -0.465 e. The molecule has 0 N–H and O–H groups in total. The molecular formula is C15H18ClNO3. The number of amides is 1. The van der Waals surface area contributed by atoms with Crippen molar-refractivity contribution in [2.45, 2.75) is 13.8 Å². The fraction of sp³-hybridized carbons (Fsp3) is 0.333. The summed E-state index contributed by atoms with van der Waals surface area (Å²) in [6, 6.07) is 5.09. The Morgan fingerprint density at radius 3 is 2.75 bits per heavy atom. The highest BCUT2D eigenvalue weighted by Gasteiger charge is 2.20. The van der Waals surface area contributed by atoms with E-state index in [9.17, 15) is 9.59 Å². The van der Waals surface area contributed by atoms with Gasteiger partial charge in [0.2, 0.25) is 0 Å². The summed E-state index contributed by atoms with van der Waals surface area (Å²) in [7, 11) is 0. The van der Waals surface area contributed by atoms with E-state index in [0.29, 0.717) is 10.6 Å². The Kier molecular flexibility index (Phi) is 6.25. The summed E-state index contributed by atoms with van der Waals surface area (Å²) in [6.07, 6.45) is 1.57. The van der Waals surface area contributed by atoms with Crippen LogP contribution in [0.3, 0.4) is 0 Å². The van der Waals surface area contributed by atoms with Crippen LogP contribution in [0.4, 0.5) is 0 Å². The average Bonchev–Trinajstić information content (AvgIpc) is 2.40. The number of nitrogens with zero attached hydrogens (tertiary/aromatic N) is 1. The largest absolute Gasteiger partial charge is 0.465 e. The molecule has 0 aliphatic carbocycles. The van der Waals surface area contributed by atoms with Gasteiger partial charge in [-0.25, -0.2) is 0 Å². The molecule has 0 atom stereocenters. The van der Waals surface area contributed by atoms with Gasteiger partial charge < -0.3 is 9.64 Å². The summed E-state index contributed by atoms with van der Waals surface area (Å²) >= 11 is 5.92. The van der Waals surface area contributed by atoms with Gasteiger partial charge in [-0.2, -0.15) is 0 Å². The van der Waals surface area contributed by atoms with Gasteiger partial charge in [0, 0.05) is 17.1 Å². The highest BCUT2D eigenvalue weighted by atomic mass is 35.5. The Morgan fingerprint density at radius 2 is 2.15 bits per heavy atom. The van der Waals surface area contributed by atoms with Crippen LogP contribution in [0.5, 0.6) is 0 Å². The van der Waals surface area contributed by atoms with Crippen LogP contribution in [-0.2, 0) is 9.53 Å². The Bertz CT molecular complexity index is 514. The van der Waals surface area contributed by atoms with Crippen LogP contribution in [0.15, 0.2) is 30.9 Å². The van der Waals surface area contributed by atoms with Gasteiger partial charge in [-0.15, -0.1) is 6.58 Å². The van der Waals surface area contributed by atoms with E-state index >= 15 is 0 Å². The van der Waals surface area contributed by atoms with E-state index in [1.165, 1.54) is 4.90 Å². The Balaban J connectivity index is 2.95. The Morgan fingerprint density at radius 1 is 1.45 bits per heavy atom. The van der Waals surface area contributed by atoms with Gasteiger partial charge in [-0.3, -0.25) is 9.59 Å². The number of carbonyl (C=O) groups is 2. The van der Waals surface area contributed by atoms with Gasteiger partial charge in [0.05, 0.1) is 6.61 Å². The zero-order chi connectivity index (χ0) is 15.1. The molecule has 0 aromatic heterocycles. The van der Waals surface area contributed by atoms with Crippen LogP contribution in [-0.4, -0.2) is 36.5 Å². The summed E-state index contributed by atoms with van der Waals surface area (Å²) in [6.45, 7) is 7.58. The normalized spacial score (nSPS) is 9.95. The van der Waals surface area contributed by atoms with Crippen molar-refractivity contribution in [1.82, 2.24) is 4.90 Å². The summed E-state index contributed by atoms with van der Waals surface area (Å²) in [4.78, 5) is 25.4. The predicted molar refractivity (Wildman–Crippen MR) is 78.9 cm³/mol. The van der Waals surface area contributed by atoms with E-state index in [2.05, 4.69) is 6.58 Å². The van der Waals surface area contributed by atoms with Crippen LogP contribution in [0, 0.1) is 6.92 Å². The molecule has 0 heterocycles. The zero-order valence-corrected chi connectivity index (χ0v) is 12.4. The molecule has 108 valence electrons. The van der Waals surface area contributed by atoms with Gasteiger partial charge >= 0.3 is 5.97 Å². The quantitative estimate of drug-likeness (QED) is 0.599. The molecular weight excluding hydrogens is 278 g/mol. The molecule has 0 fully saturated rings. The van der Waals surface area contributed by atoms with Crippen LogP contribution in [0.1, 0.15) is 22.8 Å². The van der Waals surface area contributed by atoms with E-state index in [1.54, 1.807) is 31.2 Å². The van der Waals surface area contributed by atoms with Crippen LogP contribution < -0.4 is 0 Å². The van der Waals surface area contributed by atoms with Crippen molar-refractivity contribution in [1.29, 1.82) is 0 Å². The maximum atomic E-state index is 12.5. The highest BCUT2D eigenvalue weighted by molar-refractivity contribution is 6.31. The van der Waals surface area contributed by atoms with Gasteiger partial charge in [-0.05, 0) is 31.5 Å². The lowest BCUT2D eigenvalue weighted by molar-refractivity contribution is -0.143. The third-order valence-electron chi connectivity index (χ3n) is 2.69. The average molecular weight is 296 g/mol. The van der Waals surface area contributed by atoms with Crippen LogP contribution >= 0.6 is 11.6 Å². The SMILES string of the molecule is C=CCN(CC(=O)OCC)C(=O)c1cc(Cl)ccc1C. The van der Waals surface area contributed by atoms with Crippen molar-refractivity contribution in [3.05, 3.63) is 47.0 Å². The van der Waals surface area contributed by atoms with E-state index in [0.717, 1.165) is 5.56 Å². The molecule has 0 saturated carbocycles. The molecule has 1 rings (SSSR count). The lowest BCUT2D eigenvalue weighted by atomic mass is 10.1. The second-order valence-electron chi connectivity index (χ2n) is 4.24. The molecule has 0 bridgehead atoms. The third kappa shape index (κ3) is 4.38. The van der Waals surface area contributed by atoms with E-state index in [-0.39, 0.29) is 25.6 Å². The second-order valence-corrected chi connectivity index (χ2v) is 4.68. The van der Waals surface area contributed by atoms with E-state index in [4.69, 9.17) is 16.3 Å². The summed E-state index contributed by atoms with van der Waals surface area (Å²) in [5.74, 6) is -0.708. The number of ether oxygens (including phenoxy) is 1. The number of rotatable bonds is 6. The maximum absolute atomic E-state index is 12.5. The van der Waals surface area contributed by atoms with Crippen molar-refractivity contribution in [2.75, 3.05) is 19.7 Å². The molecule has 1 aromatic carbocycles. The van der Waals surface area contributed by atoms with Crippen molar-refractivity contribution in [2.24, 2.45) is 0 Å². The monoisotopic (exact) mass is 295 g/mol. The van der Waals surface area contributed by atoms with Gasteiger partial charge in [0.25, 0.3) is 5.91 Å². The molecule has 4 nitrogen and oxygen atoms in total. The minimum atomic E-state index is -0.442. The number of hydrogen-bond acceptors (Lipinski definition) is 3. The molecule has 20 heavy (non-hydrogen) atoms. The first-order valence-electron chi connectivity index (χ1n) is 6.31. The molecule has 5 heteroatoms. The van der Waals surface area contributed by atoms with Crippen molar-refractivity contribution in [3.63, 3.8) is 0 Å². The van der Waals surface area contributed by atoms with Crippen molar-refractivity contribution < 1.29 is 14.3 Å². The van der Waals surface area contributed by atoms with Crippen molar-refractivity contribution in [3.8, 4) is 0 Å². The molecule has 1 amide bonds. The Labute approximate surface area is 124 Å². The molecule has 0 radical (unpaired) electrons.